The Kier molecular flexibility index (Phi) is 4.55. The van der Waals surface area contributed by atoms with Gasteiger partial charge in [-0.3, -0.25) is 9.59 Å². The highest BCUT2D eigenvalue weighted by Crippen LogP contribution is 2.25. The molecule has 0 atom stereocenters. The summed E-state index contributed by atoms with van der Waals surface area (Å²) < 4.78 is 9.59. The molecule has 1 aliphatic rings. The highest BCUT2D eigenvalue weighted by molar-refractivity contribution is 6.25. The number of nitrogens with zero attached hydrogens (tertiary/aromatic N) is 1. The van der Waals surface area contributed by atoms with E-state index < -0.39 is 29.8 Å². The Morgan fingerprint density at radius 2 is 1.36 bits per heavy atom. The average molecular weight is 305 g/mol. The van der Waals surface area contributed by atoms with E-state index in [1.54, 1.807) is 26.0 Å². The highest BCUT2D eigenvalue weighted by atomic mass is 16.6. The Morgan fingerprint density at radius 3 is 1.73 bits per heavy atom. The lowest BCUT2D eigenvalue weighted by atomic mass is 10.1. The molecule has 7 nitrogen and oxygen atoms in total. The van der Waals surface area contributed by atoms with Gasteiger partial charge in [-0.05, 0) is 26.0 Å². The second-order valence-electron chi connectivity index (χ2n) is 4.43. The molecule has 0 fully saturated rings. The average Bonchev–Trinajstić information content (AvgIpc) is 2.74. The van der Waals surface area contributed by atoms with Gasteiger partial charge in [-0.25, -0.2) is 14.5 Å². The lowest BCUT2D eigenvalue weighted by Crippen LogP contribution is -2.51. The number of hydrogen-bond acceptors (Lipinski definition) is 6. The predicted octanol–water partition coefficient (Wildman–Crippen LogP) is 0.777. The molecule has 116 valence electrons. The van der Waals surface area contributed by atoms with Gasteiger partial charge in [0, 0.05) is 0 Å². The van der Waals surface area contributed by atoms with Crippen LogP contribution in [-0.4, -0.2) is 47.9 Å². The number of benzene rings is 1. The molecule has 0 bridgehead atoms. The third kappa shape index (κ3) is 2.57. The van der Waals surface area contributed by atoms with Crippen LogP contribution in [0.5, 0.6) is 0 Å². The number of imide groups is 1. The fraction of sp³-hybridized carbons (Fsp3) is 0.333. The number of carbonyl (C=O) groups is 4. The van der Waals surface area contributed by atoms with Crippen LogP contribution in [-0.2, 0) is 19.1 Å². The third-order valence-electron chi connectivity index (χ3n) is 3.10. The van der Waals surface area contributed by atoms with Gasteiger partial charge in [0.1, 0.15) is 0 Å². The van der Waals surface area contributed by atoms with Gasteiger partial charge in [0.25, 0.3) is 11.8 Å². The summed E-state index contributed by atoms with van der Waals surface area (Å²) in [5, 5.41) is 0. The minimum Gasteiger partial charge on any atom is -0.464 e. The number of rotatable bonds is 5. The van der Waals surface area contributed by atoms with Gasteiger partial charge in [0.05, 0.1) is 24.3 Å². The van der Waals surface area contributed by atoms with E-state index in [4.69, 9.17) is 9.47 Å². The van der Waals surface area contributed by atoms with Crippen LogP contribution in [0.3, 0.4) is 0 Å². The lowest BCUT2D eigenvalue weighted by molar-refractivity contribution is -0.161. The Bertz CT molecular complexity index is 586. The molecule has 1 aliphatic heterocycles. The molecule has 0 aromatic heterocycles. The number of esters is 2. The van der Waals surface area contributed by atoms with E-state index in [1.165, 1.54) is 12.1 Å². The molecule has 0 N–H and O–H groups in total. The van der Waals surface area contributed by atoms with Crippen molar-refractivity contribution in [1.29, 1.82) is 0 Å². The van der Waals surface area contributed by atoms with Crippen LogP contribution in [0.25, 0.3) is 0 Å². The van der Waals surface area contributed by atoms with Crippen molar-refractivity contribution in [3.63, 3.8) is 0 Å². The molecule has 0 spiro atoms. The van der Waals surface area contributed by atoms with Gasteiger partial charge >= 0.3 is 11.9 Å². The number of ether oxygens (including phenoxy) is 2. The molecule has 22 heavy (non-hydrogen) atoms. The molecule has 2 amide bonds. The summed E-state index contributed by atoms with van der Waals surface area (Å²) in [7, 11) is 0. The van der Waals surface area contributed by atoms with Crippen LogP contribution in [0.4, 0.5) is 0 Å². The molecule has 0 aliphatic carbocycles. The summed E-state index contributed by atoms with van der Waals surface area (Å²) >= 11 is 0. The SMILES string of the molecule is CCOC(=O)C(C(=O)OCC)N1C(=O)c2ccccc2C1=O. The predicted molar refractivity (Wildman–Crippen MR) is 74.0 cm³/mol. The van der Waals surface area contributed by atoms with Gasteiger partial charge in [0.2, 0.25) is 6.04 Å². The zero-order valence-electron chi connectivity index (χ0n) is 12.2. The molecule has 1 aromatic carbocycles. The lowest BCUT2D eigenvalue weighted by Gasteiger charge is -2.22. The Balaban J connectivity index is 2.41. The molecular formula is C15H15NO6. The fourth-order valence-corrected chi connectivity index (χ4v) is 2.19. The van der Waals surface area contributed by atoms with Gasteiger partial charge in [0.15, 0.2) is 0 Å². The molecule has 0 unspecified atom stereocenters. The quantitative estimate of drug-likeness (QED) is 0.453. The molecule has 0 saturated carbocycles. The first-order valence-electron chi connectivity index (χ1n) is 6.83. The van der Waals surface area contributed by atoms with Crippen molar-refractivity contribution in [3.05, 3.63) is 35.4 Å². The van der Waals surface area contributed by atoms with Crippen LogP contribution in [0.2, 0.25) is 0 Å². The van der Waals surface area contributed by atoms with Crippen LogP contribution in [0.15, 0.2) is 24.3 Å². The third-order valence-corrected chi connectivity index (χ3v) is 3.10. The first-order chi connectivity index (χ1) is 10.5. The summed E-state index contributed by atoms with van der Waals surface area (Å²) in [5.74, 6) is -3.41. The zero-order chi connectivity index (χ0) is 16.3. The number of fused-ring (bicyclic) bond motifs is 1. The Hall–Kier alpha value is -2.70. The molecular weight excluding hydrogens is 290 g/mol. The first-order valence-corrected chi connectivity index (χ1v) is 6.83. The molecule has 0 radical (unpaired) electrons. The molecule has 1 heterocycles. The van der Waals surface area contributed by atoms with E-state index in [-0.39, 0.29) is 24.3 Å². The Morgan fingerprint density at radius 1 is 0.955 bits per heavy atom. The van der Waals surface area contributed by atoms with Crippen LogP contribution < -0.4 is 0 Å². The number of hydrogen-bond donors (Lipinski definition) is 0. The normalized spacial score (nSPS) is 13.3. The van der Waals surface area contributed by atoms with Crippen LogP contribution in [0, 0.1) is 0 Å². The zero-order valence-corrected chi connectivity index (χ0v) is 12.2. The van der Waals surface area contributed by atoms with Crippen LogP contribution in [0.1, 0.15) is 34.6 Å². The van der Waals surface area contributed by atoms with E-state index >= 15 is 0 Å². The van der Waals surface area contributed by atoms with E-state index in [2.05, 4.69) is 0 Å². The van der Waals surface area contributed by atoms with Crippen molar-refractivity contribution in [2.45, 2.75) is 19.9 Å². The Labute approximate surface area is 126 Å². The monoisotopic (exact) mass is 305 g/mol. The summed E-state index contributed by atoms with van der Waals surface area (Å²) in [4.78, 5) is 49.3. The first kappa shape index (κ1) is 15.7. The number of carbonyl (C=O) groups excluding carboxylic acids is 4. The minimum absolute atomic E-state index is 0.0118. The summed E-state index contributed by atoms with van der Waals surface area (Å²) in [6, 6.07) is 4.38. The van der Waals surface area contributed by atoms with E-state index in [1.807, 2.05) is 0 Å². The maximum Gasteiger partial charge on any atom is 0.341 e. The summed E-state index contributed by atoms with van der Waals surface area (Å²) in [6.45, 7) is 3.14. The van der Waals surface area contributed by atoms with Gasteiger partial charge < -0.3 is 9.47 Å². The minimum atomic E-state index is -1.73. The van der Waals surface area contributed by atoms with Crippen molar-refractivity contribution < 1.29 is 28.7 Å². The molecule has 0 saturated heterocycles. The number of amides is 2. The molecule has 1 aromatic rings. The summed E-state index contributed by atoms with van der Waals surface area (Å²) in [5.41, 5.74) is 0.289. The molecule has 2 rings (SSSR count). The maximum absolute atomic E-state index is 12.4. The van der Waals surface area contributed by atoms with Gasteiger partial charge in [-0.1, -0.05) is 12.1 Å². The van der Waals surface area contributed by atoms with Crippen molar-refractivity contribution in [1.82, 2.24) is 4.90 Å². The second kappa shape index (κ2) is 6.38. The van der Waals surface area contributed by atoms with Crippen LogP contribution >= 0.6 is 0 Å². The smallest absolute Gasteiger partial charge is 0.341 e. The summed E-state index contributed by atoms with van der Waals surface area (Å²) in [6.07, 6.45) is 0. The van der Waals surface area contributed by atoms with Crippen molar-refractivity contribution >= 4 is 23.8 Å². The maximum atomic E-state index is 12.4. The van der Waals surface area contributed by atoms with Crippen molar-refractivity contribution in [3.8, 4) is 0 Å². The van der Waals surface area contributed by atoms with E-state index in [0.717, 1.165) is 0 Å². The van der Waals surface area contributed by atoms with Crippen molar-refractivity contribution in [2.24, 2.45) is 0 Å². The van der Waals surface area contributed by atoms with E-state index in [9.17, 15) is 19.2 Å². The fourth-order valence-electron chi connectivity index (χ4n) is 2.19. The van der Waals surface area contributed by atoms with E-state index in [0.29, 0.717) is 4.90 Å². The topological polar surface area (TPSA) is 90.0 Å². The van der Waals surface area contributed by atoms with Gasteiger partial charge in [-0.2, -0.15) is 0 Å². The largest absolute Gasteiger partial charge is 0.464 e. The molecule has 7 heteroatoms. The highest BCUT2D eigenvalue weighted by Gasteiger charge is 2.47. The van der Waals surface area contributed by atoms with Gasteiger partial charge in [-0.15, -0.1) is 0 Å². The second-order valence-corrected chi connectivity index (χ2v) is 4.43. The van der Waals surface area contributed by atoms with Crippen molar-refractivity contribution in [2.75, 3.05) is 13.2 Å². The standard InChI is InChI=1S/C15H15NO6/c1-3-21-14(19)11(15(20)22-4-2)16-12(17)9-7-5-6-8-10(9)13(16)18/h5-8,11H,3-4H2,1-2H3.